The third kappa shape index (κ3) is 6.73. The Bertz CT molecular complexity index is 1320. The quantitative estimate of drug-likeness (QED) is 0.141. The third-order valence-electron chi connectivity index (χ3n) is 6.13. The molecule has 3 aromatic rings. The molecule has 0 bridgehead atoms. The summed E-state index contributed by atoms with van der Waals surface area (Å²) in [5.74, 6) is -0.374. The Morgan fingerprint density at radius 1 is 1.25 bits per heavy atom. The van der Waals surface area contributed by atoms with Crippen LogP contribution in [0.2, 0.25) is 5.02 Å². The molecule has 0 spiro atoms. The Balaban J connectivity index is 2.04. The average molecular weight is 528 g/mol. The van der Waals surface area contributed by atoms with Gasteiger partial charge in [-0.15, -0.1) is 0 Å². The lowest BCUT2D eigenvalue weighted by atomic mass is 9.98. The van der Waals surface area contributed by atoms with E-state index < -0.39 is 5.60 Å². The molecule has 2 aromatic carbocycles. The molecular weight excluding hydrogens is 497 g/mol. The zero-order chi connectivity index (χ0) is 26.3. The van der Waals surface area contributed by atoms with Gasteiger partial charge in [0, 0.05) is 52.5 Å². The monoisotopic (exact) mass is 527 g/mol. The molecule has 0 fully saturated rings. The molecule has 190 valence electrons. The van der Waals surface area contributed by atoms with Crippen molar-refractivity contribution in [3.8, 4) is 0 Å². The van der Waals surface area contributed by atoms with Crippen molar-refractivity contribution in [2.24, 2.45) is 4.99 Å². The van der Waals surface area contributed by atoms with Crippen LogP contribution in [0.15, 0.2) is 70.8 Å². The molecule has 0 aliphatic heterocycles. The first-order chi connectivity index (χ1) is 17.2. The number of halogens is 2. The Kier molecular flexibility index (Phi) is 9.68. The van der Waals surface area contributed by atoms with Crippen LogP contribution in [0.3, 0.4) is 0 Å². The first-order valence-electron chi connectivity index (χ1n) is 11.8. The predicted octanol–water partition coefficient (Wildman–Crippen LogP) is 8.13. The number of allylic oxidation sites excluding steroid dienone is 3. The fraction of sp³-hybridized carbons (Fsp3) is 0.286. The van der Waals surface area contributed by atoms with Crippen molar-refractivity contribution in [2.45, 2.75) is 57.6 Å². The average Bonchev–Trinajstić information content (AvgIpc) is 2.88. The van der Waals surface area contributed by atoms with Gasteiger partial charge in [-0.25, -0.2) is 4.39 Å². The summed E-state index contributed by atoms with van der Waals surface area (Å²) >= 11 is 7.08. The second kappa shape index (κ2) is 12.5. The molecule has 1 atom stereocenters. The van der Waals surface area contributed by atoms with E-state index in [9.17, 15) is 14.0 Å². The minimum Gasteiger partial charge on any atom is -0.384 e. The minimum absolute atomic E-state index is 0.178. The van der Waals surface area contributed by atoms with Crippen LogP contribution in [0.5, 0.6) is 0 Å². The van der Waals surface area contributed by atoms with Crippen molar-refractivity contribution in [1.82, 2.24) is 4.98 Å². The summed E-state index contributed by atoms with van der Waals surface area (Å²) in [6, 6.07) is 10.3. The van der Waals surface area contributed by atoms with E-state index in [-0.39, 0.29) is 12.4 Å². The number of fused-ring (bicyclic) bond motifs is 1. The molecule has 0 amide bonds. The topological polar surface area (TPSA) is 77.7 Å². The molecule has 0 aliphatic rings. The van der Waals surface area contributed by atoms with Crippen LogP contribution in [-0.4, -0.2) is 26.0 Å². The van der Waals surface area contributed by atoms with Gasteiger partial charge in [0.05, 0.1) is 21.8 Å². The lowest BCUT2D eigenvalue weighted by Gasteiger charge is -2.20. The SMILES string of the molecule is CC/C=C/C(=C\N=C(C)C(C)(O)CC)c1ccc2ncc(Cl)c(NCc3cc(SO)ccc3F)c2c1. The van der Waals surface area contributed by atoms with E-state index in [4.69, 9.17) is 11.6 Å². The van der Waals surface area contributed by atoms with Crippen LogP contribution in [-0.2, 0) is 6.54 Å². The van der Waals surface area contributed by atoms with Crippen molar-refractivity contribution < 1.29 is 14.0 Å². The fourth-order valence-corrected chi connectivity index (χ4v) is 4.02. The maximum Gasteiger partial charge on any atom is 0.128 e. The highest BCUT2D eigenvalue weighted by molar-refractivity contribution is 7.93. The molecule has 1 aromatic heterocycles. The summed E-state index contributed by atoms with van der Waals surface area (Å²) in [5.41, 5.74) is 3.20. The van der Waals surface area contributed by atoms with Gasteiger partial charge < -0.3 is 15.0 Å². The van der Waals surface area contributed by atoms with Gasteiger partial charge in [-0.1, -0.05) is 43.7 Å². The normalized spacial score (nSPS) is 14.4. The molecule has 3 N–H and O–H groups in total. The van der Waals surface area contributed by atoms with E-state index in [1.54, 1.807) is 25.4 Å². The number of nitrogens with zero attached hydrogens (tertiary/aromatic N) is 2. The second-order valence-corrected chi connectivity index (χ2v) is 9.71. The molecule has 8 heteroatoms. The van der Waals surface area contributed by atoms with Crippen LogP contribution in [0, 0.1) is 5.82 Å². The standard InChI is InChI=1S/C28H31ClFN3O2S/c1-5-7-8-20(15-31-18(3)28(4,34)6-2)19-9-12-26-23(14-19)27(24(29)17-32-26)33-16-21-13-22(36-35)10-11-25(21)30/h7-15,17,34-35H,5-6,16H2,1-4H3,(H,32,33)/b8-7+,20-15+,31-18?. The molecule has 0 aliphatic carbocycles. The number of anilines is 1. The first kappa shape index (κ1) is 27.9. The van der Waals surface area contributed by atoms with Gasteiger partial charge >= 0.3 is 0 Å². The van der Waals surface area contributed by atoms with Crippen molar-refractivity contribution in [2.75, 3.05) is 5.32 Å². The summed E-state index contributed by atoms with van der Waals surface area (Å²) in [7, 11) is 0. The number of rotatable bonds is 10. The summed E-state index contributed by atoms with van der Waals surface area (Å²) in [4.78, 5) is 9.54. The molecule has 3 rings (SSSR count). The molecule has 0 saturated carbocycles. The molecule has 1 unspecified atom stereocenters. The maximum atomic E-state index is 14.3. The number of pyridine rings is 1. The fourth-order valence-electron chi connectivity index (χ4n) is 3.47. The smallest absolute Gasteiger partial charge is 0.128 e. The summed E-state index contributed by atoms with van der Waals surface area (Å²) in [6.07, 6.45) is 8.78. The van der Waals surface area contributed by atoms with Gasteiger partial charge in [-0.2, -0.15) is 0 Å². The largest absolute Gasteiger partial charge is 0.384 e. The summed E-state index contributed by atoms with van der Waals surface area (Å²) < 4.78 is 23.7. The van der Waals surface area contributed by atoms with E-state index in [0.717, 1.165) is 28.5 Å². The van der Waals surface area contributed by atoms with Crippen LogP contribution in [0.1, 0.15) is 51.7 Å². The lowest BCUT2D eigenvalue weighted by molar-refractivity contribution is 0.128. The van der Waals surface area contributed by atoms with Crippen LogP contribution < -0.4 is 5.32 Å². The van der Waals surface area contributed by atoms with E-state index in [2.05, 4.69) is 22.2 Å². The van der Waals surface area contributed by atoms with Crippen LogP contribution >= 0.6 is 23.6 Å². The number of aliphatic imine (C=N–C) groups is 1. The molecule has 5 nitrogen and oxygen atoms in total. The third-order valence-corrected chi connectivity index (χ3v) is 6.88. The first-order valence-corrected chi connectivity index (χ1v) is 12.9. The van der Waals surface area contributed by atoms with E-state index in [1.807, 2.05) is 44.2 Å². The van der Waals surface area contributed by atoms with Gasteiger partial charge in [0.2, 0.25) is 0 Å². The number of nitrogens with one attached hydrogen (secondary N) is 1. The summed E-state index contributed by atoms with van der Waals surface area (Å²) in [6.45, 7) is 7.72. The van der Waals surface area contributed by atoms with Crippen molar-refractivity contribution in [3.63, 3.8) is 0 Å². The Morgan fingerprint density at radius 2 is 2.03 bits per heavy atom. The van der Waals surface area contributed by atoms with Gasteiger partial charge in [0.1, 0.15) is 5.82 Å². The van der Waals surface area contributed by atoms with Crippen molar-refractivity contribution >= 4 is 51.5 Å². The molecule has 1 heterocycles. The lowest BCUT2D eigenvalue weighted by Crippen LogP contribution is -2.31. The second-order valence-electron chi connectivity index (χ2n) is 8.65. The van der Waals surface area contributed by atoms with E-state index in [1.165, 1.54) is 12.1 Å². The summed E-state index contributed by atoms with van der Waals surface area (Å²) in [5, 5.41) is 15.0. The van der Waals surface area contributed by atoms with Crippen molar-refractivity contribution in [3.05, 3.63) is 82.9 Å². The number of aliphatic hydroxyl groups is 1. The molecule has 0 radical (unpaired) electrons. The highest BCUT2D eigenvalue weighted by Gasteiger charge is 2.21. The highest BCUT2D eigenvalue weighted by atomic mass is 35.5. The zero-order valence-corrected chi connectivity index (χ0v) is 22.4. The maximum absolute atomic E-state index is 14.3. The number of hydrogen-bond acceptors (Lipinski definition) is 6. The Morgan fingerprint density at radius 3 is 2.72 bits per heavy atom. The molecule has 36 heavy (non-hydrogen) atoms. The Hall–Kier alpha value is -2.71. The van der Waals surface area contributed by atoms with Gasteiger partial charge in [-0.05, 0) is 68.2 Å². The zero-order valence-electron chi connectivity index (χ0n) is 20.8. The number of hydrogen-bond donors (Lipinski definition) is 3. The number of aromatic nitrogens is 1. The van der Waals surface area contributed by atoms with Crippen LogP contribution in [0.25, 0.3) is 16.5 Å². The van der Waals surface area contributed by atoms with Gasteiger partial charge in [0.25, 0.3) is 0 Å². The molecule has 0 saturated heterocycles. The van der Waals surface area contributed by atoms with Gasteiger partial charge in [-0.3, -0.25) is 9.98 Å². The van der Waals surface area contributed by atoms with Gasteiger partial charge in [0.15, 0.2) is 0 Å². The predicted molar refractivity (Wildman–Crippen MR) is 150 cm³/mol. The van der Waals surface area contributed by atoms with Crippen LogP contribution in [0.4, 0.5) is 10.1 Å². The van der Waals surface area contributed by atoms with E-state index in [0.29, 0.717) is 45.3 Å². The Labute approximate surface area is 221 Å². The number of benzene rings is 2. The van der Waals surface area contributed by atoms with E-state index >= 15 is 0 Å². The minimum atomic E-state index is -0.977. The highest BCUT2D eigenvalue weighted by Crippen LogP contribution is 2.33. The van der Waals surface area contributed by atoms with Crippen molar-refractivity contribution in [1.29, 1.82) is 0 Å². The molecular formula is C28H31ClFN3O2S.